The van der Waals surface area contributed by atoms with Crippen molar-refractivity contribution in [1.29, 1.82) is 0 Å². The Morgan fingerprint density at radius 3 is 2.94 bits per heavy atom. The zero-order valence-corrected chi connectivity index (χ0v) is 11.5. The number of nitrogens with one attached hydrogen (secondary N) is 1. The van der Waals surface area contributed by atoms with Crippen molar-refractivity contribution in [3.05, 3.63) is 29.3 Å². The molecule has 0 aliphatic heterocycles. The number of aryl methyl sites for hydroxylation is 1. The highest BCUT2D eigenvalue weighted by atomic mass is 35.5. The smallest absolute Gasteiger partial charge is 0.147 e. The molecule has 0 amide bonds. The number of hydrogen-bond acceptors (Lipinski definition) is 5. The summed E-state index contributed by atoms with van der Waals surface area (Å²) in [5.74, 6) is 0.224. The van der Waals surface area contributed by atoms with Crippen LogP contribution in [0.25, 0.3) is 10.6 Å². The standard InChI is InChI=1S/C12H14ClN3OS/c1-8-15-16-12(18-8)9-3-2-4-10(5-9)14-7-11(17)6-13/h2-5,11,14,17H,6-7H2,1H3. The summed E-state index contributed by atoms with van der Waals surface area (Å²) in [5, 5.41) is 22.5. The third-order valence-corrected chi connectivity index (χ3v) is 3.60. The average Bonchev–Trinajstić information content (AvgIpc) is 2.83. The van der Waals surface area contributed by atoms with Gasteiger partial charge in [-0.05, 0) is 19.1 Å². The van der Waals surface area contributed by atoms with E-state index in [9.17, 15) is 5.11 Å². The molecule has 0 radical (unpaired) electrons. The molecule has 2 rings (SSSR count). The molecule has 0 fully saturated rings. The topological polar surface area (TPSA) is 58.0 Å². The average molecular weight is 284 g/mol. The lowest BCUT2D eigenvalue weighted by atomic mass is 10.2. The van der Waals surface area contributed by atoms with Crippen molar-refractivity contribution in [2.24, 2.45) is 0 Å². The number of nitrogens with zero attached hydrogens (tertiary/aromatic N) is 2. The first-order valence-electron chi connectivity index (χ1n) is 5.57. The quantitative estimate of drug-likeness (QED) is 0.828. The Labute approximate surface area is 115 Å². The van der Waals surface area contributed by atoms with Crippen molar-refractivity contribution in [1.82, 2.24) is 10.2 Å². The van der Waals surface area contributed by atoms with Gasteiger partial charge in [0, 0.05) is 17.8 Å². The van der Waals surface area contributed by atoms with Crippen molar-refractivity contribution < 1.29 is 5.11 Å². The van der Waals surface area contributed by atoms with Crippen LogP contribution in [0.2, 0.25) is 0 Å². The van der Waals surface area contributed by atoms with Crippen LogP contribution in [0.3, 0.4) is 0 Å². The highest BCUT2D eigenvalue weighted by molar-refractivity contribution is 7.14. The fourth-order valence-corrected chi connectivity index (χ4v) is 2.26. The normalized spacial score (nSPS) is 12.4. The maximum absolute atomic E-state index is 9.39. The molecule has 6 heteroatoms. The third kappa shape index (κ3) is 3.41. The Hall–Kier alpha value is -1.17. The summed E-state index contributed by atoms with van der Waals surface area (Å²) >= 11 is 7.10. The molecule has 2 aromatic rings. The van der Waals surface area contributed by atoms with E-state index >= 15 is 0 Å². The summed E-state index contributed by atoms with van der Waals surface area (Å²) in [6, 6.07) is 7.86. The molecular weight excluding hydrogens is 270 g/mol. The first-order valence-corrected chi connectivity index (χ1v) is 6.92. The molecule has 0 saturated carbocycles. The van der Waals surface area contributed by atoms with E-state index in [0.717, 1.165) is 21.3 Å². The minimum atomic E-state index is -0.543. The van der Waals surface area contributed by atoms with Crippen LogP contribution in [0.1, 0.15) is 5.01 Å². The van der Waals surface area contributed by atoms with Gasteiger partial charge in [-0.1, -0.05) is 23.5 Å². The van der Waals surface area contributed by atoms with Gasteiger partial charge in [-0.15, -0.1) is 21.8 Å². The lowest BCUT2D eigenvalue weighted by molar-refractivity contribution is 0.211. The van der Waals surface area contributed by atoms with Crippen LogP contribution in [0.5, 0.6) is 0 Å². The van der Waals surface area contributed by atoms with Gasteiger partial charge in [0.2, 0.25) is 0 Å². The van der Waals surface area contributed by atoms with Crippen LogP contribution < -0.4 is 5.32 Å². The second-order valence-corrected chi connectivity index (χ2v) is 5.39. The van der Waals surface area contributed by atoms with Gasteiger partial charge in [0.15, 0.2) is 0 Å². The molecule has 0 spiro atoms. The Morgan fingerprint density at radius 1 is 1.44 bits per heavy atom. The van der Waals surface area contributed by atoms with Crippen molar-refractivity contribution >= 4 is 28.6 Å². The number of halogens is 1. The predicted molar refractivity (Wildman–Crippen MR) is 75.3 cm³/mol. The molecule has 1 unspecified atom stereocenters. The molecule has 0 saturated heterocycles. The van der Waals surface area contributed by atoms with E-state index in [1.807, 2.05) is 31.2 Å². The summed E-state index contributed by atoms with van der Waals surface area (Å²) < 4.78 is 0. The summed E-state index contributed by atoms with van der Waals surface area (Å²) in [6.07, 6.45) is -0.543. The predicted octanol–water partition coefficient (Wildman–Crippen LogP) is 2.53. The Balaban J connectivity index is 2.10. The number of hydrogen-bond donors (Lipinski definition) is 2. The van der Waals surface area contributed by atoms with Gasteiger partial charge in [0.25, 0.3) is 0 Å². The van der Waals surface area contributed by atoms with Gasteiger partial charge in [-0.2, -0.15) is 0 Å². The van der Waals surface area contributed by atoms with E-state index in [1.165, 1.54) is 0 Å². The molecule has 4 nitrogen and oxygen atoms in total. The minimum absolute atomic E-state index is 0.224. The summed E-state index contributed by atoms with van der Waals surface area (Å²) in [4.78, 5) is 0. The molecule has 1 atom stereocenters. The van der Waals surface area contributed by atoms with Gasteiger partial charge < -0.3 is 10.4 Å². The van der Waals surface area contributed by atoms with Crippen LogP contribution in [-0.4, -0.2) is 33.8 Å². The van der Waals surface area contributed by atoms with Crippen LogP contribution in [-0.2, 0) is 0 Å². The zero-order valence-electron chi connectivity index (χ0n) is 9.93. The van der Waals surface area contributed by atoms with E-state index in [1.54, 1.807) is 11.3 Å². The van der Waals surface area contributed by atoms with Crippen molar-refractivity contribution in [3.8, 4) is 10.6 Å². The van der Waals surface area contributed by atoms with Crippen molar-refractivity contribution in [3.63, 3.8) is 0 Å². The number of rotatable bonds is 5. The molecule has 0 bridgehead atoms. The molecule has 1 heterocycles. The second-order valence-electron chi connectivity index (χ2n) is 3.90. The van der Waals surface area contributed by atoms with E-state index < -0.39 is 6.10 Å². The van der Waals surface area contributed by atoms with Crippen LogP contribution in [0, 0.1) is 6.92 Å². The number of alkyl halides is 1. The van der Waals surface area contributed by atoms with Gasteiger partial charge in [-0.25, -0.2) is 0 Å². The van der Waals surface area contributed by atoms with Crippen molar-refractivity contribution in [2.75, 3.05) is 17.7 Å². The zero-order chi connectivity index (χ0) is 13.0. The molecule has 96 valence electrons. The van der Waals surface area contributed by atoms with Crippen LogP contribution in [0.15, 0.2) is 24.3 Å². The number of aliphatic hydroxyl groups is 1. The molecule has 0 aliphatic carbocycles. The summed E-state index contributed by atoms with van der Waals surface area (Å²) in [6.45, 7) is 2.36. The first kappa shape index (κ1) is 13.3. The highest BCUT2D eigenvalue weighted by Gasteiger charge is 2.06. The Bertz CT molecular complexity index is 518. The van der Waals surface area contributed by atoms with Crippen LogP contribution in [0.4, 0.5) is 5.69 Å². The number of benzene rings is 1. The van der Waals surface area contributed by atoms with Crippen molar-refractivity contribution in [2.45, 2.75) is 13.0 Å². The number of aromatic nitrogens is 2. The molecule has 1 aromatic heterocycles. The van der Waals surface area contributed by atoms with Gasteiger partial charge >= 0.3 is 0 Å². The summed E-state index contributed by atoms with van der Waals surface area (Å²) in [7, 11) is 0. The molecule has 1 aromatic carbocycles. The Morgan fingerprint density at radius 2 is 2.28 bits per heavy atom. The molecule has 18 heavy (non-hydrogen) atoms. The van der Waals surface area contributed by atoms with E-state index in [0.29, 0.717) is 6.54 Å². The fourth-order valence-electron chi connectivity index (χ4n) is 1.47. The molecule has 0 aliphatic rings. The highest BCUT2D eigenvalue weighted by Crippen LogP contribution is 2.25. The maximum Gasteiger partial charge on any atom is 0.147 e. The Kier molecular flexibility index (Phi) is 4.52. The summed E-state index contributed by atoms with van der Waals surface area (Å²) in [5.41, 5.74) is 1.95. The number of anilines is 1. The first-order chi connectivity index (χ1) is 8.69. The fraction of sp³-hybridized carbons (Fsp3) is 0.333. The van der Waals surface area contributed by atoms with E-state index in [2.05, 4.69) is 15.5 Å². The lowest BCUT2D eigenvalue weighted by Crippen LogP contribution is -2.20. The molecular formula is C12H14ClN3OS. The monoisotopic (exact) mass is 283 g/mol. The SMILES string of the molecule is Cc1nnc(-c2cccc(NCC(O)CCl)c2)s1. The number of aliphatic hydroxyl groups excluding tert-OH is 1. The maximum atomic E-state index is 9.39. The second kappa shape index (κ2) is 6.13. The third-order valence-electron chi connectivity index (χ3n) is 2.36. The van der Waals surface area contributed by atoms with Crippen LogP contribution >= 0.6 is 22.9 Å². The van der Waals surface area contributed by atoms with Gasteiger partial charge in [-0.3, -0.25) is 0 Å². The van der Waals surface area contributed by atoms with E-state index in [4.69, 9.17) is 11.6 Å². The molecule has 2 N–H and O–H groups in total. The minimum Gasteiger partial charge on any atom is -0.390 e. The van der Waals surface area contributed by atoms with E-state index in [-0.39, 0.29) is 5.88 Å². The van der Waals surface area contributed by atoms with Gasteiger partial charge in [0.05, 0.1) is 12.0 Å². The van der Waals surface area contributed by atoms with Gasteiger partial charge in [0.1, 0.15) is 10.0 Å². The lowest BCUT2D eigenvalue weighted by Gasteiger charge is -2.10. The largest absolute Gasteiger partial charge is 0.390 e.